The fraction of sp³-hybridized carbons (Fsp3) is 0.333. The molecule has 1 N–H and O–H groups in total. The van der Waals surface area contributed by atoms with Crippen LogP contribution in [0.3, 0.4) is 0 Å². The Morgan fingerprint density at radius 2 is 1.85 bits per heavy atom. The van der Waals surface area contributed by atoms with Crippen LogP contribution in [-0.2, 0) is 0 Å². The highest BCUT2D eigenvalue weighted by Gasteiger charge is 2.10. The summed E-state index contributed by atoms with van der Waals surface area (Å²) in [6.45, 7) is 7.01. The fourth-order valence-corrected chi connectivity index (χ4v) is 2.11. The SMILES string of the molecule is CCCNc1nc(-c2ccc(Cl)c(Cl)c2)nc(C)c1C. The Kier molecular flexibility index (Phi) is 4.84. The van der Waals surface area contributed by atoms with E-state index in [9.17, 15) is 0 Å². The Hall–Kier alpha value is -1.32. The summed E-state index contributed by atoms with van der Waals surface area (Å²) >= 11 is 12.0. The molecule has 0 fully saturated rings. The molecule has 0 amide bonds. The summed E-state index contributed by atoms with van der Waals surface area (Å²) in [7, 11) is 0. The van der Waals surface area contributed by atoms with Crippen molar-refractivity contribution >= 4 is 29.0 Å². The van der Waals surface area contributed by atoms with Crippen molar-refractivity contribution < 1.29 is 0 Å². The van der Waals surface area contributed by atoms with Gasteiger partial charge in [-0.05, 0) is 38.5 Å². The van der Waals surface area contributed by atoms with E-state index in [4.69, 9.17) is 23.2 Å². The zero-order valence-corrected chi connectivity index (χ0v) is 13.3. The van der Waals surface area contributed by atoms with E-state index in [1.165, 1.54) is 0 Å². The van der Waals surface area contributed by atoms with Crippen molar-refractivity contribution in [1.29, 1.82) is 0 Å². The molecule has 0 unspecified atom stereocenters. The Morgan fingerprint density at radius 3 is 2.50 bits per heavy atom. The quantitative estimate of drug-likeness (QED) is 0.873. The summed E-state index contributed by atoms with van der Waals surface area (Å²) in [6, 6.07) is 5.43. The minimum atomic E-state index is 0.508. The number of nitrogens with zero attached hydrogens (tertiary/aromatic N) is 2. The number of nitrogens with one attached hydrogen (secondary N) is 1. The van der Waals surface area contributed by atoms with Crippen molar-refractivity contribution in [2.24, 2.45) is 0 Å². The molecule has 2 aromatic rings. The van der Waals surface area contributed by atoms with Crippen LogP contribution < -0.4 is 5.32 Å². The van der Waals surface area contributed by atoms with Crippen LogP contribution in [0.4, 0.5) is 5.82 Å². The molecule has 0 saturated carbocycles. The first-order valence-corrected chi connectivity index (χ1v) is 7.33. The lowest BCUT2D eigenvalue weighted by Crippen LogP contribution is -2.07. The van der Waals surface area contributed by atoms with E-state index in [-0.39, 0.29) is 0 Å². The van der Waals surface area contributed by atoms with Crippen LogP contribution in [0.15, 0.2) is 18.2 Å². The molecule has 0 aliphatic heterocycles. The number of halogens is 2. The van der Waals surface area contributed by atoms with E-state index < -0.39 is 0 Å². The first-order chi connectivity index (χ1) is 9.52. The van der Waals surface area contributed by atoms with E-state index in [0.717, 1.165) is 35.6 Å². The molecule has 0 aliphatic carbocycles. The molecule has 1 aromatic carbocycles. The lowest BCUT2D eigenvalue weighted by Gasteiger charge is -2.12. The molecular formula is C15H17Cl2N3. The molecule has 2 rings (SSSR count). The molecule has 0 atom stereocenters. The molecule has 20 heavy (non-hydrogen) atoms. The maximum Gasteiger partial charge on any atom is 0.161 e. The molecule has 3 nitrogen and oxygen atoms in total. The number of hydrogen-bond acceptors (Lipinski definition) is 3. The second-order valence-electron chi connectivity index (χ2n) is 4.66. The zero-order valence-electron chi connectivity index (χ0n) is 11.8. The summed E-state index contributed by atoms with van der Waals surface area (Å²) in [4.78, 5) is 9.12. The predicted octanol–water partition coefficient (Wildman–Crippen LogP) is 4.89. The van der Waals surface area contributed by atoms with E-state index in [1.807, 2.05) is 19.9 Å². The third-order valence-electron chi connectivity index (χ3n) is 3.11. The van der Waals surface area contributed by atoms with Crippen molar-refractivity contribution in [3.63, 3.8) is 0 Å². The number of hydrogen-bond donors (Lipinski definition) is 1. The third kappa shape index (κ3) is 3.22. The van der Waals surface area contributed by atoms with E-state index in [1.54, 1.807) is 12.1 Å². The Morgan fingerprint density at radius 1 is 1.10 bits per heavy atom. The smallest absolute Gasteiger partial charge is 0.161 e. The van der Waals surface area contributed by atoms with Gasteiger partial charge in [-0.15, -0.1) is 0 Å². The van der Waals surface area contributed by atoms with Crippen LogP contribution in [0.25, 0.3) is 11.4 Å². The topological polar surface area (TPSA) is 37.8 Å². The van der Waals surface area contributed by atoms with Crippen LogP contribution >= 0.6 is 23.2 Å². The number of anilines is 1. The van der Waals surface area contributed by atoms with Gasteiger partial charge in [-0.1, -0.05) is 30.1 Å². The minimum Gasteiger partial charge on any atom is -0.370 e. The average molecular weight is 310 g/mol. The minimum absolute atomic E-state index is 0.508. The predicted molar refractivity (Wildman–Crippen MR) is 85.7 cm³/mol. The highest BCUT2D eigenvalue weighted by Crippen LogP contribution is 2.28. The first-order valence-electron chi connectivity index (χ1n) is 6.57. The third-order valence-corrected chi connectivity index (χ3v) is 3.85. The lowest BCUT2D eigenvalue weighted by molar-refractivity contribution is 0.955. The van der Waals surface area contributed by atoms with Crippen molar-refractivity contribution in [1.82, 2.24) is 9.97 Å². The van der Waals surface area contributed by atoms with Gasteiger partial charge in [-0.25, -0.2) is 9.97 Å². The van der Waals surface area contributed by atoms with Crippen LogP contribution in [0.1, 0.15) is 24.6 Å². The largest absolute Gasteiger partial charge is 0.370 e. The van der Waals surface area contributed by atoms with Gasteiger partial charge < -0.3 is 5.32 Å². The summed E-state index contributed by atoms with van der Waals surface area (Å²) < 4.78 is 0. The molecule has 5 heteroatoms. The molecule has 0 bridgehead atoms. The van der Waals surface area contributed by atoms with Gasteiger partial charge in [-0.3, -0.25) is 0 Å². The van der Waals surface area contributed by atoms with Gasteiger partial charge in [0.1, 0.15) is 5.82 Å². The highest BCUT2D eigenvalue weighted by molar-refractivity contribution is 6.42. The maximum absolute atomic E-state index is 6.06. The van der Waals surface area contributed by atoms with Gasteiger partial charge in [0.2, 0.25) is 0 Å². The Labute approximate surface area is 129 Å². The Bertz CT molecular complexity index is 627. The van der Waals surface area contributed by atoms with E-state index in [0.29, 0.717) is 15.9 Å². The van der Waals surface area contributed by atoms with Crippen molar-refractivity contribution in [3.8, 4) is 11.4 Å². The molecule has 1 aromatic heterocycles. The van der Waals surface area contributed by atoms with Crippen LogP contribution in [-0.4, -0.2) is 16.5 Å². The van der Waals surface area contributed by atoms with E-state index in [2.05, 4.69) is 22.2 Å². The first kappa shape index (κ1) is 15.1. The van der Waals surface area contributed by atoms with Crippen molar-refractivity contribution in [2.45, 2.75) is 27.2 Å². The Balaban J connectivity index is 2.45. The average Bonchev–Trinajstić information content (AvgIpc) is 2.43. The zero-order chi connectivity index (χ0) is 14.7. The fourth-order valence-electron chi connectivity index (χ4n) is 1.81. The number of rotatable bonds is 4. The maximum atomic E-state index is 6.06. The normalized spacial score (nSPS) is 10.7. The number of aryl methyl sites for hydroxylation is 1. The van der Waals surface area contributed by atoms with E-state index >= 15 is 0 Å². The standard InChI is InChI=1S/C15H17Cl2N3/c1-4-7-18-14-9(2)10(3)19-15(20-14)11-5-6-12(16)13(17)8-11/h5-6,8H,4,7H2,1-3H3,(H,18,19,20). The van der Waals surface area contributed by atoms with Crippen LogP contribution in [0.5, 0.6) is 0 Å². The number of benzene rings is 1. The second kappa shape index (κ2) is 6.42. The number of aromatic nitrogens is 2. The highest BCUT2D eigenvalue weighted by atomic mass is 35.5. The second-order valence-corrected chi connectivity index (χ2v) is 5.48. The lowest BCUT2D eigenvalue weighted by atomic mass is 10.2. The van der Waals surface area contributed by atoms with Gasteiger partial charge in [0.25, 0.3) is 0 Å². The molecule has 0 saturated heterocycles. The van der Waals surface area contributed by atoms with Gasteiger partial charge >= 0.3 is 0 Å². The van der Waals surface area contributed by atoms with Crippen molar-refractivity contribution in [3.05, 3.63) is 39.5 Å². The summed E-state index contributed by atoms with van der Waals surface area (Å²) in [5.74, 6) is 1.53. The van der Waals surface area contributed by atoms with Gasteiger partial charge in [0, 0.05) is 23.4 Å². The van der Waals surface area contributed by atoms with Gasteiger partial charge in [-0.2, -0.15) is 0 Å². The molecule has 0 radical (unpaired) electrons. The van der Waals surface area contributed by atoms with Gasteiger partial charge in [0.05, 0.1) is 10.0 Å². The molecule has 0 aliphatic rings. The summed E-state index contributed by atoms with van der Waals surface area (Å²) in [5.41, 5.74) is 2.89. The summed E-state index contributed by atoms with van der Waals surface area (Å²) in [5, 5.41) is 4.37. The van der Waals surface area contributed by atoms with Crippen LogP contribution in [0.2, 0.25) is 10.0 Å². The molecule has 0 spiro atoms. The monoisotopic (exact) mass is 309 g/mol. The molecule has 106 valence electrons. The van der Waals surface area contributed by atoms with Gasteiger partial charge in [0.15, 0.2) is 5.82 Å². The van der Waals surface area contributed by atoms with Crippen molar-refractivity contribution in [2.75, 3.05) is 11.9 Å². The molecular weight excluding hydrogens is 293 g/mol. The van der Waals surface area contributed by atoms with Crippen LogP contribution in [0, 0.1) is 13.8 Å². The molecule has 1 heterocycles. The summed E-state index contributed by atoms with van der Waals surface area (Å²) in [6.07, 6.45) is 1.05.